The molecule has 0 amide bonds. The Balaban J connectivity index is 1.68. The Kier molecular flexibility index (Phi) is 6.36. The highest BCUT2D eigenvalue weighted by Gasteiger charge is 2.25. The lowest BCUT2D eigenvalue weighted by atomic mass is 9.89. The Morgan fingerprint density at radius 3 is 2.47 bits per heavy atom. The van der Waals surface area contributed by atoms with Crippen LogP contribution in [0.4, 0.5) is 8.78 Å². The number of unbranched alkanes of at least 4 members (excludes halogenated alkanes) is 2. The van der Waals surface area contributed by atoms with Crippen molar-refractivity contribution in [1.82, 2.24) is 0 Å². The van der Waals surface area contributed by atoms with Crippen LogP contribution in [-0.2, 0) is 12.8 Å². The first kappa shape index (κ1) is 20.8. The van der Waals surface area contributed by atoms with Crippen molar-refractivity contribution in [3.05, 3.63) is 65.2 Å². The zero-order valence-corrected chi connectivity index (χ0v) is 17.9. The van der Waals surface area contributed by atoms with Crippen LogP contribution >= 0.6 is 0 Å². The number of hydrogen-bond acceptors (Lipinski definition) is 1. The summed E-state index contributed by atoms with van der Waals surface area (Å²) in [7, 11) is 0. The van der Waals surface area contributed by atoms with Gasteiger partial charge in [-0.1, -0.05) is 75.9 Å². The van der Waals surface area contributed by atoms with E-state index in [4.69, 9.17) is 4.74 Å². The third-order valence-corrected chi connectivity index (χ3v) is 6.21. The Hall–Kier alpha value is -2.42. The molecule has 0 saturated heterocycles. The van der Waals surface area contributed by atoms with Crippen LogP contribution in [0.2, 0.25) is 0 Å². The molecule has 0 fully saturated rings. The molecular formula is C27H30F2O. The second kappa shape index (κ2) is 9.16. The molecule has 1 heterocycles. The molecule has 1 aliphatic rings. The third-order valence-electron chi connectivity index (χ3n) is 6.21. The first-order valence-corrected chi connectivity index (χ1v) is 11.3. The molecule has 3 heteroatoms. The summed E-state index contributed by atoms with van der Waals surface area (Å²) in [5, 5.41) is 0.966. The van der Waals surface area contributed by atoms with Crippen LogP contribution in [0.1, 0.15) is 57.1 Å². The maximum Gasteiger partial charge on any atom is 0.171 e. The summed E-state index contributed by atoms with van der Waals surface area (Å²) < 4.78 is 36.3. The number of ether oxygens (including phenoxy) is 1. The monoisotopic (exact) mass is 408 g/mol. The Bertz CT molecular complexity index is 1020. The van der Waals surface area contributed by atoms with Crippen LogP contribution in [0.3, 0.4) is 0 Å². The second-order valence-electron chi connectivity index (χ2n) is 8.53. The average Bonchev–Trinajstić information content (AvgIpc) is 2.77. The molecule has 30 heavy (non-hydrogen) atoms. The molecule has 3 aromatic carbocycles. The Morgan fingerprint density at radius 1 is 0.933 bits per heavy atom. The Morgan fingerprint density at radius 2 is 1.73 bits per heavy atom. The quantitative estimate of drug-likeness (QED) is 0.361. The highest BCUT2D eigenvalue weighted by Crippen LogP contribution is 2.40. The minimum Gasteiger partial charge on any atom is -0.492 e. The molecule has 0 spiro atoms. The van der Waals surface area contributed by atoms with E-state index in [1.807, 2.05) is 36.4 Å². The molecule has 1 atom stereocenters. The van der Waals surface area contributed by atoms with Crippen LogP contribution in [0.5, 0.6) is 5.75 Å². The molecule has 158 valence electrons. The summed E-state index contributed by atoms with van der Waals surface area (Å²) in [4.78, 5) is 0. The van der Waals surface area contributed by atoms with Crippen molar-refractivity contribution in [1.29, 1.82) is 0 Å². The number of rotatable bonds is 7. The van der Waals surface area contributed by atoms with Crippen molar-refractivity contribution in [3.8, 4) is 16.9 Å². The molecule has 0 N–H and O–H groups in total. The number of hydrogen-bond donors (Lipinski definition) is 0. The van der Waals surface area contributed by atoms with Gasteiger partial charge < -0.3 is 4.74 Å². The molecular weight excluding hydrogens is 378 g/mol. The van der Waals surface area contributed by atoms with Gasteiger partial charge in [-0.15, -0.1) is 0 Å². The number of aryl methyl sites for hydroxylation is 1. The van der Waals surface area contributed by atoms with E-state index in [0.29, 0.717) is 34.8 Å². The van der Waals surface area contributed by atoms with E-state index in [2.05, 4.69) is 13.8 Å². The van der Waals surface area contributed by atoms with E-state index in [1.165, 1.54) is 24.8 Å². The number of fused-ring (bicyclic) bond motifs is 3. The molecule has 0 radical (unpaired) electrons. The number of halogens is 2. The van der Waals surface area contributed by atoms with Gasteiger partial charge in [0, 0.05) is 5.56 Å². The maximum absolute atomic E-state index is 15.2. The van der Waals surface area contributed by atoms with Crippen molar-refractivity contribution in [2.75, 3.05) is 6.61 Å². The summed E-state index contributed by atoms with van der Waals surface area (Å²) >= 11 is 0. The van der Waals surface area contributed by atoms with Crippen LogP contribution < -0.4 is 4.74 Å². The van der Waals surface area contributed by atoms with Gasteiger partial charge in [-0.2, -0.15) is 0 Å². The molecule has 1 nitrogen and oxygen atoms in total. The third kappa shape index (κ3) is 4.08. The topological polar surface area (TPSA) is 9.23 Å². The zero-order chi connectivity index (χ0) is 21.1. The summed E-state index contributed by atoms with van der Waals surface area (Å²) in [5.41, 5.74) is 3.20. The van der Waals surface area contributed by atoms with E-state index >= 15 is 8.78 Å². The van der Waals surface area contributed by atoms with Crippen LogP contribution in [0.25, 0.3) is 21.9 Å². The van der Waals surface area contributed by atoms with Crippen LogP contribution in [0, 0.1) is 17.6 Å². The normalized spacial score (nSPS) is 15.8. The van der Waals surface area contributed by atoms with Crippen molar-refractivity contribution in [3.63, 3.8) is 0 Å². The van der Waals surface area contributed by atoms with E-state index in [-0.39, 0.29) is 5.39 Å². The minimum atomic E-state index is -0.804. The molecule has 0 bridgehead atoms. The van der Waals surface area contributed by atoms with Crippen molar-refractivity contribution >= 4 is 10.8 Å². The van der Waals surface area contributed by atoms with Gasteiger partial charge in [0.1, 0.15) is 5.75 Å². The summed E-state index contributed by atoms with van der Waals surface area (Å²) in [6.07, 6.45) is 7.65. The first-order chi connectivity index (χ1) is 14.6. The molecule has 1 aliphatic heterocycles. The van der Waals surface area contributed by atoms with E-state index < -0.39 is 11.6 Å². The highest BCUT2D eigenvalue weighted by molar-refractivity contribution is 5.94. The highest BCUT2D eigenvalue weighted by atomic mass is 19.2. The van der Waals surface area contributed by atoms with E-state index in [9.17, 15) is 0 Å². The lowest BCUT2D eigenvalue weighted by Gasteiger charge is -2.27. The fourth-order valence-electron chi connectivity index (χ4n) is 4.55. The van der Waals surface area contributed by atoms with Crippen molar-refractivity contribution in [2.45, 2.75) is 58.8 Å². The predicted octanol–water partition coefficient (Wildman–Crippen LogP) is 7.87. The van der Waals surface area contributed by atoms with Crippen LogP contribution in [0.15, 0.2) is 42.5 Å². The Labute approximate surface area is 178 Å². The molecule has 4 rings (SSSR count). The lowest BCUT2D eigenvalue weighted by molar-refractivity contribution is 0.213. The molecule has 0 saturated carbocycles. The lowest BCUT2D eigenvalue weighted by Crippen LogP contribution is -2.21. The molecule has 3 aromatic rings. The molecule has 1 unspecified atom stereocenters. The summed E-state index contributed by atoms with van der Waals surface area (Å²) in [5.74, 6) is -0.620. The average molecular weight is 409 g/mol. The van der Waals surface area contributed by atoms with Gasteiger partial charge in [0.05, 0.1) is 12.0 Å². The van der Waals surface area contributed by atoms with Gasteiger partial charge in [0.2, 0.25) is 0 Å². The van der Waals surface area contributed by atoms with E-state index in [1.54, 1.807) is 6.07 Å². The summed E-state index contributed by atoms with van der Waals surface area (Å²) in [6, 6.07) is 13.4. The second-order valence-corrected chi connectivity index (χ2v) is 8.53. The van der Waals surface area contributed by atoms with Gasteiger partial charge in [-0.25, -0.2) is 8.78 Å². The smallest absolute Gasteiger partial charge is 0.171 e. The van der Waals surface area contributed by atoms with Gasteiger partial charge >= 0.3 is 0 Å². The fourth-order valence-corrected chi connectivity index (χ4v) is 4.55. The summed E-state index contributed by atoms with van der Waals surface area (Å²) in [6.45, 7) is 4.91. The zero-order valence-electron chi connectivity index (χ0n) is 17.9. The van der Waals surface area contributed by atoms with Crippen LogP contribution in [-0.4, -0.2) is 6.61 Å². The first-order valence-electron chi connectivity index (χ1n) is 11.3. The fraction of sp³-hybridized carbons (Fsp3) is 0.407. The molecule has 0 aliphatic carbocycles. The van der Waals surface area contributed by atoms with Crippen molar-refractivity contribution in [2.24, 2.45) is 5.92 Å². The maximum atomic E-state index is 15.2. The predicted molar refractivity (Wildman–Crippen MR) is 120 cm³/mol. The largest absolute Gasteiger partial charge is 0.492 e. The van der Waals surface area contributed by atoms with E-state index in [0.717, 1.165) is 31.2 Å². The minimum absolute atomic E-state index is 0.281. The van der Waals surface area contributed by atoms with Crippen molar-refractivity contribution < 1.29 is 13.5 Å². The standard InChI is InChI=1S/C27H30F2O/c1-3-5-6-8-19-15-22-14-13-21-16-23(20-11-9-18(7-4-2)10-12-20)25(28)26(29)24(21)27(22)30-17-19/h9-14,16,19H,3-8,15,17H2,1-2H3. The van der Waals surface area contributed by atoms with Gasteiger partial charge in [-0.3, -0.25) is 0 Å². The van der Waals surface area contributed by atoms with Gasteiger partial charge in [0.25, 0.3) is 0 Å². The van der Waals surface area contributed by atoms with Gasteiger partial charge in [-0.05, 0) is 53.3 Å². The number of benzene rings is 3. The van der Waals surface area contributed by atoms with Gasteiger partial charge in [0.15, 0.2) is 11.6 Å². The molecule has 0 aromatic heterocycles. The SMILES string of the molecule is CCCCCC1COc2c(ccc3cc(-c4ccc(CCC)cc4)c(F)c(F)c23)C1.